The zero-order valence-electron chi connectivity index (χ0n) is 13.4. The van der Waals surface area contributed by atoms with Crippen molar-refractivity contribution < 1.29 is 24.2 Å². The van der Waals surface area contributed by atoms with Gasteiger partial charge in [0, 0.05) is 17.2 Å². The van der Waals surface area contributed by atoms with Crippen molar-refractivity contribution in [2.24, 2.45) is 11.7 Å². The van der Waals surface area contributed by atoms with Crippen molar-refractivity contribution in [2.45, 2.75) is 30.2 Å². The molecule has 0 saturated carbocycles. The zero-order valence-corrected chi connectivity index (χ0v) is 14.2. The molecule has 2 saturated heterocycles. The molecule has 0 radical (unpaired) electrons. The van der Waals surface area contributed by atoms with E-state index in [0.717, 1.165) is 12.0 Å². The molecule has 3 aliphatic rings. The zero-order chi connectivity index (χ0) is 18.4. The molecule has 1 unspecified atom stereocenters. The molecule has 1 aromatic heterocycles. The number of nitrogens with zero attached hydrogens (tertiary/aromatic N) is 5. The quantitative estimate of drug-likeness (QED) is 0.295. The van der Waals surface area contributed by atoms with Crippen LogP contribution in [0.1, 0.15) is 6.42 Å². The topological polar surface area (TPSA) is 166 Å². The van der Waals surface area contributed by atoms with Crippen LogP contribution in [-0.2, 0) is 20.9 Å². The fourth-order valence-corrected chi connectivity index (χ4v) is 4.65. The summed E-state index contributed by atoms with van der Waals surface area (Å²) in [5.41, 5.74) is 5.89. The van der Waals surface area contributed by atoms with E-state index in [0.29, 0.717) is 17.5 Å². The molecule has 2 amide bonds. The molecule has 0 aliphatic carbocycles. The van der Waals surface area contributed by atoms with Gasteiger partial charge in [0.1, 0.15) is 12.6 Å². The second kappa shape index (κ2) is 6.25. The van der Waals surface area contributed by atoms with Gasteiger partial charge in [-0.1, -0.05) is 11.8 Å². The summed E-state index contributed by atoms with van der Waals surface area (Å²) in [6.45, 7) is 0.509. The number of ether oxygens (including phenoxy) is 1. The summed E-state index contributed by atoms with van der Waals surface area (Å²) >= 11 is 1.23. The van der Waals surface area contributed by atoms with E-state index >= 15 is 0 Å². The second-order valence-corrected chi connectivity index (χ2v) is 7.04. The Bertz CT molecular complexity index is 824. The van der Waals surface area contributed by atoms with Gasteiger partial charge in [0.05, 0.1) is 6.04 Å². The van der Waals surface area contributed by atoms with Crippen molar-refractivity contribution >= 4 is 29.7 Å². The summed E-state index contributed by atoms with van der Waals surface area (Å²) in [6.07, 6.45) is -0.705. The number of thioether (sulfide) groups is 1. The highest BCUT2D eigenvalue weighted by Gasteiger charge is 2.60. The normalized spacial score (nSPS) is 26.5. The van der Waals surface area contributed by atoms with E-state index in [1.807, 2.05) is 0 Å². The van der Waals surface area contributed by atoms with E-state index in [2.05, 4.69) is 20.8 Å². The number of rotatable bonds is 6. The van der Waals surface area contributed by atoms with Gasteiger partial charge in [0.25, 0.3) is 0 Å². The van der Waals surface area contributed by atoms with Gasteiger partial charge in [-0.3, -0.25) is 14.5 Å². The van der Waals surface area contributed by atoms with E-state index in [1.165, 1.54) is 21.3 Å². The molecule has 1 aromatic rings. The van der Waals surface area contributed by atoms with Crippen LogP contribution >= 0.6 is 11.8 Å². The summed E-state index contributed by atoms with van der Waals surface area (Å²) in [5, 5.41) is 23.6. The first kappa shape index (κ1) is 16.8. The van der Waals surface area contributed by atoms with Gasteiger partial charge < -0.3 is 20.9 Å². The van der Waals surface area contributed by atoms with E-state index < -0.39 is 12.1 Å². The van der Waals surface area contributed by atoms with Crippen molar-refractivity contribution in [1.29, 1.82) is 0 Å². The van der Waals surface area contributed by atoms with E-state index in [9.17, 15) is 14.4 Å². The lowest BCUT2D eigenvalue weighted by Crippen LogP contribution is -2.71. The Hall–Kier alpha value is -2.67. The molecule has 4 N–H and O–H groups in total. The summed E-state index contributed by atoms with van der Waals surface area (Å²) < 4.78 is 6.20. The van der Waals surface area contributed by atoms with Gasteiger partial charge in [-0.25, -0.2) is 9.48 Å². The molecule has 26 heavy (non-hydrogen) atoms. The highest BCUT2D eigenvalue weighted by molar-refractivity contribution is 7.99. The number of tetrazole rings is 1. The third-order valence-corrected chi connectivity index (χ3v) is 5.67. The number of primary amides is 1. The van der Waals surface area contributed by atoms with E-state index in [-0.39, 0.29) is 36.3 Å². The van der Waals surface area contributed by atoms with Crippen LogP contribution in [0.5, 0.6) is 0 Å². The van der Waals surface area contributed by atoms with Gasteiger partial charge >= 0.3 is 6.16 Å². The number of β-lactam (4-membered cyclic amide) rings is 1. The summed E-state index contributed by atoms with van der Waals surface area (Å²) in [6, 6.07) is -0.424. The first-order valence-corrected chi connectivity index (χ1v) is 8.83. The highest BCUT2D eigenvalue weighted by Crippen LogP contribution is 2.47. The van der Waals surface area contributed by atoms with Crippen LogP contribution in [0.3, 0.4) is 0 Å². The number of carboxylic acid groups (broad SMARTS) is 1. The Balaban J connectivity index is 1.58. The maximum absolute atomic E-state index is 12.3. The predicted octanol–water partition coefficient (Wildman–Crippen LogP) is -1.64. The molecule has 3 aliphatic heterocycles. The highest BCUT2D eigenvalue weighted by atomic mass is 32.2. The van der Waals surface area contributed by atoms with Gasteiger partial charge in [0.15, 0.2) is 0 Å². The van der Waals surface area contributed by atoms with Crippen molar-refractivity contribution in [3.8, 4) is 0 Å². The van der Waals surface area contributed by atoms with Gasteiger partial charge in [-0.2, -0.15) is 0 Å². The first-order chi connectivity index (χ1) is 12.5. The molecule has 138 valence electrons. The molecule has 4 heterocycles. The monoisotopic (exact) mass is 381 g/mol. The van der Waals surface area contributed by atoms with Gasteiger partial charge in [-0.05, 0) is 23.4 Å². The number of hydrogen-bond donors (Lipinski definition) is 3. The van der Waals surface area contributed by atoms with Crippen LogP contribution in [0.2, 0.25) is 0 Å². The molecule has 13 heteroatoms. The number of aromatic nitrogens is 4. The fraction of sp³-hybridized carbons (Fsp3) is 0.538. The minimum atomic E-state index is -1.47. The number of hydrogen-bond acceptors (Lipinski definition) is 9. The SMILES string of the molecule is NC(=O)Cn1nnnc1SCC1=C(OC(=O)O)N2C(=O)[C@H]3NCCC1[C@H]32. The Morgan fingerprint density at radius 2 is 2.27 bits per heavy atom. The van der Waals surface area contributed by atoms with Crippen molar-refractivity contribution in [3.63, 3.8) is 0 Å². The number of piperidine rings is 1. The largest absolute Gasteiger partial charge is 0.512 e. The smallest absolute Gasteiger partial charge is 0.449 e. The number of nitrogens with one attached hydrogen (secondary N) is 1. The third kappa shape index (κ3) is 2.59. The molecule has 4 rings (SSSR count). The molecular weight excluding hydrogens is 366 g/mol. The van der Waals surface area contributed by atoms with Crippen LogP contribution in [0.25, 0.3) is 0 Å². The number of nitrogens with two attached hydrogens (primary N) is 1. The van der Waals surface area contributed by atoms with Crippen LogP contribution in [0.4, 0.5) is 4.79 Å². The number of carbonyl (C=O) groups excluding carboxylic acids is 2. The molecule has 12 nitrogen and oxygen atoms in total. The summed E-state index contributed by atoms with van der Waals surface area (Å²) in [5.74, 6) is -0.334. The number of amides is 2. The standard InChI is InChI=1S/C13H15N7O5S/c14-7(21)3-19-12(16-17-18-19)26-4-6-5-1-2-15-8-9(5)20(10(8)22)11(6)25-13(23)24/h5,8-9,15H,1-4H2,(H2,14,21)(H,23,24)/t5?,8-,9+/m0/s1. The minimum absolute atomic E-state index is 0.0151. The third-order valence-electron chi connectivity index (χ3n) is 4.66. The lowest BCUT2D eigenvalue weighted by atomic mass is 9.80. The Morgan fingerprint density at radius 1 is 1.46 bits per heavy atom. The van der Waals surface area contributed by atoms with Crippen molar-refractivity contribution in [1.82, 2.24) is 30.4 Å². The minimum Gasteiger partial charge on any atom is -0.449 e. The molecule has 0 aromatic carbocycles. The Kier molecular flexibility index (Phi) is 4.03. The molecule has 0 bridgehead atoms. The van der Waals surface area contributed by atoms with Crippen molar-refractivity contribution in [3.05, 3.63) is 11.5 Å². The molecule has 0 spiro atoms. The van der Waals surface area contributed by atoms with Crippen LogP contribution in [0, 0.1) is 5.92 Å². The van der Waals surface area contributed by atoms with E-state index in [4.69, 9.17) is 15.6 Å². The lowest BCUT2D eigenvalue weighted by Gasteiger charge is -2.48. The van der Waals surface area contributed by atoms with Gasteiger partial charge in [0.2, 0.25) is 22.9 Å². The van der Waals surface area contributed by atoms with E-state index in [1.54, 1.807) is 0 Å². The lowest BCUT2D eigenvalue weighted by molar-refractivity contribution is -0.152. The summed E-state index contributed by atoms with van der Waals surface area (Å²) in [7, 11) is 0. The second-order valence-electron chi connectivity index (χ2n) is 6.10. The maximum atomic E-state index is 12.3. The fourth-order valence-electron chi connectivity index (χ4n) is 3.68. The van der Waals surface area contributed by atoms with Gasteiger partial charge in [-0.15, -0.1) is 5.10 Å². The Morgan fingerprint density at radius 3 is 3.00 bits per heavy atom. The van der Waals surface area contributed by atoms with Crippen LogP contribution in [-0.4, -0.2) is 72.6 Å². The molecule has 2 fully saturated rings. The summed E-state index contributed by atoms with van der Waals surface area (Å²) in [4.78, 5) is 35.8. The molecular formula is C13H15N7O5S. The predicted molar refractivity (Wildman–Crippen MR) is 84.4 cm³/mol. The molecule has 3 atom stereocenters. The van der Waals surface area contributed by atoms with Crippen molar-refractivity contribution in [2.75, 3.05) is 12.3 Å². The Labute approximate surface area is 150 Å². The van der Waals surface area contributed by atoms with Crippen LogP contribution < -0.4 is 11.1 Å². The number of carbonyl (C=O) groups is 3. The average Bonchev–Trinajstić information content (AvgIpc) is 3.12. The maximum Gasteiger partial charge on any atom is 0.512 e. The first-order valence-electron chi connectivity index (χ1n) is 7.85. The van der Waals surface area contributed by atoms with Crippen LogP contribution in [0.15, 0.2) is 16.6 Å². The average molecular weight is 381 g/mol.